The van der Waals surface area contributed by atoms with Crippen molar-refractivity contribution in [2.45, 2.75) is 366 Å². The Morgan fingerprint density at radius 3 is 0.867 bits per heavy atom. The highest BCUT2D eigenvalue weighted by molar-refractivity contribution is 5.76. The van der Waals surface area contributed by atoms with Gasteiger partial charge in [-0.3, -0.25) is 4.79 Å². The summed E-state index contributed by atoms with van der Waals surface area (Å²) < 4.78 is 0. The summed E-state index contributed by atoms with van der Waals surface area (Å²) in [4.78, 5) is 12.5. The van der Waals surface area contributed by atoms with Gasteiger partial charge in [-0.1, -0.05) is 337 Å². The first-order valence-electron chi connectivity index (χ1n) is 33.7. The molecule has 0 rings (SSSR count). The summed E-state index contributed by atoms with van der Waals surface area (Å²) in [6, 6.07) is -0.650. The number of aliphatic hydroxyl groups excluding tert-OH is 2. The van der Waals surface area contributed by atoms with Gasteiger partial charge in [0.05, 0.1) is 18.8 Å². The fraction of sp³-hybridized carbons (Fsp3) is 0.817. The lowest BCUT2D eigenvalue weighted by Crippen LogP contribution is -2.45. The van der Waals surface area contributed by atoms with E-state index in [1.54, 1.807) is 6.08 Å². The van der Waals surface area contributed by atoms with Crippen LogP contribution in [0, 0.1) is 0 Å². The number of aliphatic hydroxyl groups is 2. The summed E-state index contributed by atoms with van der Waals surface area (Å²) >= 11 is 0. The summed E-state index contributed by atoms with van der Waals surface area (Å²) in [5, 5.41) is 23.2. The molecule has 0 fully saturated rings. The maximum atomic E-state index is 12.5. The zero-order chi connectivity index (χ0) is 54.1. The fourth-order valence-corrected chi connectivity index (χ4v) is 10.3. The van der Waals surface area contributed by atoms with Crippen LogP contribution in [-0.2, 0) is 4.79 Å². The Hall–Kier alpha value is -2.17. The molecule has 4 nitrogen and oxygen atoms in total. The highest BCUT2D eigenvalue weighted by atomic mass is 16.3. The number of carbonyl (C=O) groups excluding carboxylic acids is 1. The number of unbranched alkanes of at least 4 members (excludes halogenated alkanes) is 45. The van der Waals surface area contributed by atoms with Crippen molar-refractivity contribution in [3.05, 3.63) is 72.9 Å². The molecule has 1 amide bonds. The van der Waals surface area contributed by atoms with Crippen molar-refractivity contribution in [3.8, 4) is 0 Å². The van der Waals surface area contributed by atoms with Crippen LogP contribution in [0.4, 0.5) is 0 Å². The van der Waals surface area contributed by atoms with Gasteiger partial charge in [0.15, 0.2) is 0 Å². The van der Waals surface area contributed by atoms with Crippen molar-refractivity contribution in [1.29, 1.82) is 0 Å². The molecule has 0 bridgehead atoms. The third kappa shape index (κ3) is 62.6. The average molecular weight is 1050 g/mol. The van der Waals surface area contributed by atoms with Crippen molar-refractivity contribution in [1.82, 2.24) is 5.32 Å². The Morgan fingerprint density at radius 1 is 0.320 bits per heavy atom. The number of nitrogens with one attached hydrogen (secondary N) is 1. The molecule has 0 aliphatic rings. The largest absolute Gasteiger partial charge is 0.394 e. The van der Waals surface area contributed by atoms with Crippen LogP contribution in [0.15, 0.2) is 72.9 Å². The normalized spacial score (nSPS) is 13.2. The molecule has 3 N–H and O–H groups in total. The first-order valence-corrected chi connectivity index (χ1v) is 33.7. The summed E-state index contributed by atoms with van der Waals surface area (Å²) in [5.41, 5.74) is 0. The third-order valence-electron chi connectivity index (χ3n) is 15.4. The zero-order valence-electron chi connectivity index (χ0n) is 50.6. The van der Waals surface area contributed by atoms with Gasteiger partial charge in [0.2, 0.25) is 5.91 Å². The molecule has 0 radical (unpaired) electrons. The molecule has 0 saturated carbocycles. The van der Waals surface area contributed by atoms with E-state index in [0.29, 0.717) is 6.42 Å². The summed E-state index contributed by atoms with van der Waals surface area (Å²) in [5.74, 6) is -0.0751. The topological polar surface area (TPSA) is 69.6 Å². The standard InChI is InChI=1S/C71H131NO3/c1-3-5-7-9-11-13-15-17-19-21-23-25-27-29-31-33-35-37-38-40-42-44-46-48-50-52-54-56-58-60-62-64-66-70(74)69(68-73)72-71(75)67-65-63-61-59-57-55-53-51-49-47-45-43-41-39-36-34-32-30-28-26-24-22-20-18-16-14-12-10-8-6-4-2/h16,18,22,24,28,30,48,50,56,58,64,66,69-70,73-74H,3-15,17,19-21,23,25-27,29,31-47,49,51-55,57,59-63,65,67-68H2,1-2H3,(H,72,75)/b18-16-,24-22-,30-28-,50-48+,58-56+,66-64+. The molecular formula is C71H131NO3. The van der Waals surface area contributed by atoms with Gasteiger partial charge in [-0.2, -0.15) is 0 Å². The Kier molecular flexibility index (Phi) is 64.2. The van der Waals surface area contributed by atoms with Gasteiger partial charge < -0.3 is 15.5 Å². The zero-order valence-corrected chi connectivity index (χ0v) is 50.6. The minimum absolute atomic E-state index is 0.0751. The van der Waals surface area contributed by atoms with Crippen molar-refractivity contribution in [3.63, 3.8) is 0 Å². The molecule has 2 unspecified atom stereocenters. The van der Waals surface area contributed by atoms with Crippen molar-refractivity contribution in [2.75, 3.05) is 6.61 Å². The smallest absolute Gasteiger partial charge is 0.220 e. The Labute approximate surface area is 469 Å². The van der Waals surface area contributed by atoms with Crippen LogP contribution in [0.2, 0.25) is 0 Å². The SMILES string of the molecule is CCCCCCC/C=C\C/C=C\C/C=C\CCCCCCCCCCCCCCCCCCC(=O)NC(CO)C(O)/C=C/CC/C=C/CC/C=C/CCCCCCCCCCCCCCCCCCCCCCCC. The number of carbonyl (C=O) groups is 1. The van der Waals surface area contributed by atoms with Crippen LogP contribution in [0.1, 0.15) is 354 Å². The van der Waals surface area contributed by atoms with Gasteiger partial charge in [-0.25, -0.2) is 0 Å². The second-order valence-corrected chi connectivity index (χ2v) is 22.9. The molecule has 0 aromatic heterocycles. The van der Waals surface area contributed by atoms with E-state index in [2.05, 4.69) is 79.9 Å². The molecule has 0 aliphatic carbocycles. The molecule has 75 heavy (non-hydrogen) atoms. The second kappa shape index (κ2) is 66.1. The molecule has 0 saturated heterocycles. The van der Waals surface area contributed by atoms with E-state index >= 15 is 0 Å². The van der Waals surface area contributed by atoms with E-state index < -0.39 is 12.1 Å². The Morgan fingerprint density at radius 2 is 0.560 bits per heavy atom. The van der Waals surface area contributed by atoms with Gasteiger partial charge in [0.1, 0.15) is 0 Å². The van der Waals surface area contributed by atoms with Crippen LogP contribution in [-0.4, -0.2) is 34.9 Å². The van der Waals surface area contributed by atoms with Crippen LogP contribution < -0.4 is 5.32 Å². The third-order valence-corrected chi connectivity index (χ3v) is 15.4. The Bertz CT molecular complexity index is 1280. The van der Waals surface area contributed by atoms with E-state index in [9.17, 15) is 15.0 Å². The predicted molar refractivity (Wildman–Crippen MR) is 336 cm³/mol. The van der Waals surface area contributed by atoms with E-state index in [1.165, 1.54) is 283 Å². The van der Waals surface area contributed by atoms with Crippen molar-refractivity contribution in [2.24, 2.45) is 0 Å². The van der Waals surface area contributed by atoms with Crippen LogP contribution in [0.5, 0.6) is 0 Å². The lowest BCUT2D eigenvalue weighted by molar-refractivity contribution is -0.123. The number of hydrogen-bond donors (Lipinski definition) is 3. The van der Waals surface area contributed by atoms with Crippen molar-refractivity contribution < 1.29 is 15.0 Å². The number of hydrogen-bond acceptors (Lipinski definition) is 3. The van der Waals surface area contributed by atoms with E-state index in [1.807, 2.05) is 6.08 Å². The molecule has 4 heteroatoms. The fourth-order valence-electron chi connectivity index (χ4n) is 10.3. The monoisotopic (exact) mass is 1050 g/mol. The Balaban J connectivity index is 3.51. The molecular weight excluding hydrogens is 915 g/mol. The summed E-state index contributed by atoms with van der Waals surface area (Å²) in [6.07, 6.45) is 95.5. The molecule has 2 atom stereocenters. The average Bonchev–Trinajstić information content (AvgIpc) is 3.41. The summed E-state index contributed by atoms with van der Waals surface area (Å²) in [6.45, 7) is 4.31. The lowest BCUT2D eigenvalue weighted by Gasteiger charge is -2.19. The number of amides is 1. The van der Waals surface area contributed by atoms with E-state index in [-0.39, 0.29) is 12.5 Å². The van der Waals surface area contributed by atoms with Gasteiger partial charge in [0, 0.05) is 6.42 Å². The second-order valence-electron chi connectivity index (χ2n) is 22.9. The highest BCUT2D eigenvalue weighted by Gasteiger charge is 2.18. The van der Waals surface area contributed by atoms with Crippen molar-refractivity contribution >= 4 is 5.91 Å². The van der Waals surface area contributed by atoms with Gasteiger partial charge in [-0.05, 0) is 83.5 Å². The van der Waals surface area contributed by atoms with E-state index in [4.69, 9.17) is 0 Å². The number of rotatable bonds is 62. The number of allylic oxidation sites excluding steroid dienone is 11. The van der Waals surface area contributed by atoms with E-state index in [0.717, 1.165) is 51.4 Å². The molecule has 0 spiro atoms. The van der Waals surface area contributed by atoms with Gasteiger partial charge >= 0.3 is 0 Å². The molecule has 0 aromatic carbocycles. The lowest BCUT2D eigenvalue weighted by atomic mass is 10.0. The highest BCUT2D eigenvalue weighted by Crippen LogP contribution is 2.18. The minimum atomic E-state index is -0.875. The molecule has 0 aromatic rings. The van der Waals surface area contributed by atoms with Crippen LogP contribution in [0.3, 0.4) is 0 Å². The molecule has 0 heterocycles. The predicted octanol–water partition coefficient (Wildman–Crippen LogP) is 22.9. The maximum Gasteiger partial charge on any atom is 0.220 e. The molecule has 0 aliphatic heterocycles. The maximum absolute atomic E-state index is 12.5. The van der Waals surface area contributed by atoms with Crippen LogP contribution in [0.25, 0.3) is 0 Å². The van der Waals surface area contributed by atoms with Crippen LogP contribution >= 0.6 is 0 Å². The first kappa shape index (κ1) is 72.8. The van der Waals surface area contributed by atoms with Gasteiger partial charge in [0.25, 0.3) is 0 Å². The summed E-state index contributed by atoms with van der Waals surface area (Å²) in [7, 11) is 0. The first-order chi connectivity index (χ1) is 37.2. The van der Waals surface area contributed by atoms with Gasteiger partial charge in [-0.15, -0.1) is 0 Å². The minimum Gasteiger partial charge on any atom is -0.394 e. The quantitative estimate of drug-likeness (QED) is 0.0420. The molecule has 438 valence electrons.